The van der Waals surface area contributed by atoms with Crippen molar-refractivity contribution in [3.8, 4) is 6.07 Å². The second kappa shape index (κ2) is 11.3. The highest BCUT2D eigenvalue weighted by Gasteiger charge is 2.39. The summed E-state index contributed by atoms with van der Waals surface area (Å²) in [6.45, 7) is 3.27. The number of nitriles is 1. The zero-order valence-electron chi connectivity index (χ0n) is 20.0. The molecule has 0 aliphatic carbocycles. The molecule has 1 N–H and O–H groups in total. The van der Waals surface area contributed by atoms with Crippen LogP contribution in [0.15, 0.2) is 72.8 Å². The predicted molar refractivity (Wildman–Crippen MR) is 134 cm³/mol. The molecule has 2 unspecified atom stereocenters. The summed E-state index contributed by atoms with van der Waals surface area (Å²) >= 11 is 6.12. The monoisotopic (exact) mass is 527 g/mol. The van der Waals surface area contributed by atoms with Gasteiger partial charge in [0.15, 0.2) is 0 Å². The van der Waals surface area contributed by atoms with Gasteiger partial charge in [0.2, 0.25) is 0 Å². The minimum atomic E-state index is -4.47. The van der Waals surface area contributed by atoms with Gasteiger partial charge in [0.1, 0.15) is 0 Å². The van der Waals surface area contributed by atoms with Crippen LogP contribution < -0.4 is 5.32 Å². The number of hydrogen-bond acceptors (Lipinski definition) is 4. The van der Waals surface area contributed by atoms with Crippen LogP contribution >= 0.6 is 11.6 Å². The van der Waals surface area contributed by atoms with Crippen LogP contribution in [-0.2, 0) is 10.9 Å². The topological polar surface area (TPSA) is 65.4 Å². The highest BCUT2D eigenvalue weighted by atomic mass is 35.5. The summed E-state index contributed by atoms with van der Waals surface area (Å²) < 4.78 is 44.7. The largest absolute Gasteiger partial charge is 0.416 e. The first-order chi connectivity index (χ1) is 17.7. The van der Waals surface area contributed by atoms with Gasteiger partial charge in [0, 0.05) is 30.3 Å². The van der Waals surface area contributed by atoms with E-state index in [-0.39, 0.29) is 23.8 Å². The number of halogens is 4. The Morgan fingerprint density at radius 2 is 1.65 bits per heavy atom. The van der Waals surface area contributed by atoms with Gasteiger partial charge in [-0.05, 0) is 66.6 Å². The summed E-state index contributed by atoms with van der Waals surface area (Å²) in [5.41, 5.74) is 1.83. The van der Waals surface area contributed by atoms with Gasteiger partial charge >= 0.3 is 6.18 Å². The lowest BCUT2D eigenvalue weighted by molar-refractivity contribution is -0.137. The molecule has 0 saturated carbocycles. The first kappa shape index (κ1) is 26.7. The maximum absolute atomic E-state index is 12.9. The van der Waals surface area contributed by atoms with Crippen molar-refractivity contribution in [3.63, 3.8) is 0 Å². The Morgan fingerprint density at radius 1 is 1.05 bits per heavy atom. The van der Waals surface area contributed by atoms with Gasteiger partial charge in [-0.1, -0.05) is 35.9 Å². The van der Waals surface area contributed by atoms with E-state index in [1.165, 1.54) is 12.1 Å². The number of carbonyl (C=O) groups excluding carboxylic acids is 1. The van der Waals surface area contributed by atoms with E-state index in [0.29, 0.717) is 30.3 Å². The maximum atomic E-state index is 12.9. The van der Waals surface area contributed by atoms with Crippen LogP contribution in [0.25, 0.3) is 0 Å². The molecule has 0 aromatic heterocycles. The van der Waals surface area contributed by atoms with Crippen LogP contribution in [0.2, 0.25) is 5.02 Å². The Bertz CT molecular complexity index is 1260. The molecule has 1 aliphatic heterocycles. The smallest absolute Gasteiger partial charge is 0.375 e. The Labute approximate surface area is 218 Å². The van der Waals surface area contributed by atoms with E-state index in [4.69, 9.17) is 16.3 Å². The van der Waals surface area contributed by atoms with Crippen molar-refractivity contribution < 1.29 is 22.7 Å². The van der Waals surface area contributed by atoms with E-state index in [9.17, 15) is 23.2 Å². The zero-order valence-corrected chi connectivity index (χ0v) is 20.8. The van der Waals surface area contributed by atoms with Crippen molar-refractivity contribution in [2.75, 3.05) is 19.7 Å². The van der Waals surface area contributed by atoms with E-state index in [1.807, 2.05) is 43.3 Å². The van der Waals surface area contributed by atoms with Gasteiger partial charge in [0.05, 0.1) is 35.4 Å². The summed E-state index contributed by atoms with van der Waals surface area (Å²) in [5, 5.41) is 12.8. The molecule has 5 nitrogen and oxygen atoms in total. The Kier molecular flexibility index (Phi) is 8.18. The summed E-state index contributed by atoms with van der Waals surface area (Å²) in [4.78, 5) is 15.1. The molecule has 3 aromatic rings. The third-order valence-corrected chi connectivity index (χ3v) is 6.62. The van der Waals surface area contributed by atoms with Gasteiger partial charge in [-0.2, -0.15) is 18.4 Å². The predicted octanol–water partition coefficient (Wildman–Crippen LogP) is 5.84. The Hall–Kier alpha value is -3.38. The zero-order chi connectivity index (χ0) is 26.6. The number of nitrogens with zero attached hydrogens (tertiary/aromatic N) is 2. The molecule has 37 heavy (non-hydrogen) atoms. The van der Waals surface area contributed by atoms with E-state index < -0.39 is 17.6 Å². The Morgan fingerprint density at radius 3 is 2.19 bits per heavy atom. The molecule has 1 aliphatic rings. The SMILES string of the molecule is CCOC1CN([C@H](c2ccc(Cl)cc2)c2ccc(C#N)cc2)CC1NC(=O)c1ccc(C(F)(F)F)cc1. The second-order valence-electron chi connectivity index (χ2n) is 8.79. The molecular weight excluding hydrogens is 503 g/mol. The average Bonchev–Trinajstić information content (AvgIpc) is 3.27. The molecule has 9 heteroatoms. The number of likely N-dealkylation sites (tertiary alicyclic amines) is 1. The third kappa shape index (κ3) is 6.31. The number of hydrogen-bond donors (Lipinski definition) is 1. The lowest BCUT2D eigenvalue weighted by Crippen LogP contribution is -2.44. The van der Waals surface area contributed by atoms with Crippen molar-refractivity contribution in [2.45, 2.75) is 31.3 Å². The van der Waals surface area contributed by atoms with Gasteiger partial charge in [-0.25, -0.2) is 0 Å². The molecule has 0 spiro atoms. The molecule has 0 radical (unpaired) electrons. The van der Waals surface area contributed by atoms with E-state index in [2.05, 4.69) is 16.3 Å². The minimum Gasteiger partial charge on any atom is -0.375 e. The van der Waals surface area contributed by atoms with Crippen molar-refractivity contribution in [3.05, 3.63) is 106 Å². The molecule has 1 saturated heterocycles. The van der Waals surface area contributed by atoms with E-state index >= 15 is 0 Å². The van der Waals surface area contributed by atoms with Crippen LogP contribution in [0.3, 0.4) is 0 Å². The fourth-order valence-electron chi connectivity index (χ4n) is 4.60. The van der Waals surface area contributed by atoms with Gasteiger partial charge in [0.25, 0.3) is 5.91 Å². The molecule has 3 aromatic carbocycles. The molecule has 192 valence electrons. The third-order valence-electron chi connectivity index (χ3n) is 6.37. The molecule has 1 fully saturated rings. The lowest BCUT2D eigenvalue weighted by Gasteiger charge is -2.29. The van der Waals surface area contributed by atoms with Crippen molar-refractivity contribution in [2.24, 2.45) is 0 Å². The summed E-state index contributed by atoms with van der Waals surface area (Å²) in [6.07, 6.45) is -4.79. The highest BCUT2D eigenvalue weighted by molar-refractivity contribution is 6.30. The van der Waals surface area contributed by atoms with Crippen molar-refractivity contribution in [1.29, 1.82) is 5.26 Å². The first-order valence-corrected chi connectivity index (χ1v) is 12.2. The number of benzene rings is 3. The fraction of sp³-hybridized carbons (Fsp3) is 0.286. The van der Waals surface area contributed by atoms with E-state index in [1.54, 1.807) is 12.1 Å². The standard InChI is InChI=1S/C28H25ClF3N3O2/c1-2-37-25-17-35(16-24(25)34-27(36)21-7-11-22(12-8-21)28(30,31)32)26(20-9-13-23(29)14-10-20)19-5-3-18(15-33)4-6-19/h3-14,24-26H,2,16-17H2,1H3,(H,34,36)/t24?,25?,26-/m0/s1. The molecule has 0 bridgehead atoms. The maximum Gasteiger partial charge on any atom is 0.416 e. The Balaban J connectivity index is 1.58. The number of alkyl halides is 3. The summed E-state index contributed by atoms with van der Waals surface area (Å²) in [5.74, 6) is -0.466. The molecule has 3 atom stereocenters. The van der Waals surface area contributed by atoms with Gasteiger partial charge in [-0.15, -0.1) is 0 Å². The normalized spacial score (nSPS) is 18.8. The second-order valence-corrected chi connectivity index (χ2v) is 9.23. The molecular formula is C28H25ClF3N3O2. The van der Waals surface area contributed by atoms with Crippen LogP contribution in [0.5, 0.6) is 0 Å². The van der Waals surface area contributed by atoms with Crippen LogP contribution in [0.4, 0.5) is 13.2 Å². The van der Waals surface area contributed by atoms with Crippen LogP contribution in [0.1, 0.15) is 45.6 Å². The van der Waals surface area contributed by atoms with Crippen LogP contribution in [-0.4, -0.2) is 42.6 Å². The summed E-state index contributed by atoms with van der Waals surface area (Å²) in [6, 6.07) is 20.5. The van der Waals surface area contributed by atoms with Crippen molar-refractivity contribution >= 4 is 17.5 Å². The number of ether oxygens (including phenoxy) is 1. The molecule has 1 heterocycles. The number of carbonyl (C=O) groups is 1. The number of rotatable bonds is 7. The van der Waals surface area contributed by atoms with Gasteiger partial charge in [-0.3, -0.25) is 9.69 Å². The number of amides is 1. The average molecular weight is 528 g/mol. The molecule has 4 rings (SSSR count). The molecule has 1 amide bonds. The highest BCUT2D eigenvalue weighted by Crippen LogP contribution is 2.34. The van der Waals surface area contributed by atoms with Gasteiger partial charge < -0.3 is 10.1 Å². The van der Waals surface area contributed by atoms with E-state index in [0.717, 1.165) is 23.3 Å². The first-order valence-electron chi connectivity index (χ1n) is 11.8. The minimum absolute atomic E-state index is 0.142. The quantitative estimate of drug-likeness (QED) is 0.419. The fourth-order valence-corrected chi connectivity index (χ4v) is 4.72. The number of nitrogens with one attached hydrogen (secondary N) is 1. The lowest BCUT2D eigenvalue weighted by atomic mass is 9.96. The van der Waals surface area contributed by atoms with Crippen LogP contribution in [0, 0.1) is 11.3 Å². The van der Waals surface area contributed by atoms with Crippen molar-refractivity contribution in [1.82, 2.24) is 10.2 Å². The summed E-state index contributed by atoms with van der Waals surface area (Å²) in [7, 11) is 0.